The summed E-state index contributed by atoms with van der Waals surface area (Å²) in [5.41, 5.74) is 0. The topological polar surface area (TPSA) is 0 Å². The van der Waals surface area contributed by atoms with Crippen LogP contribution in [0, 0.1) is 17.8 Å². The van der Waals surface area contributed by atoms with Crippen LogP contribution in [0.1, 0.15) is 53.9 Å². The Bertz CT molecular complexity index is 76.2. The highest BCUT2D eigenvalue weighted by molar-refractivity contribution is 4.88. The van der Waals surface area contributed by atoms with Crippen LogP contribution in [0.4, 0.5) is 0 Å². The summed E-state index contributed by atoms with van der Waals surface area (Å²) in [5, 5.41) is 0. The predicted molar refractivity (Wildman–Crippen MR) is 52.7 cm³/mol. The van der Waals surface area contributed by atoms with Crippen molar-refractivity contribution in [2.45, 2.75) is 53.9 Å². The highest BCUT2D eigenvalue weighted by Crippen LogP contribution is 2.48. The van der Waals surface area contributed by atoms with Crippen LogP contribution >= 0.6 is 0 Å². The van der Waals surface area contributed by atoms with Gasteiger partial charge >= 0.3 is 0 Å². The van der Waals surface area contributed by atoms with Crippen molar-refractivity contribution in [3.05, 3.63) is 0 Å². The fourth-order valence-corrected chi connectivity index (χ4v) is 2.58. The fourth-order valence-electron chi connectivity index (χ4n) is 2.58. The second-order valence-corrected chi connectivity index (χ2v) is 3.53. The van der Waals surface area contributed by atoms with Gasteiger partial charge in [-0.25, -0.2) is 0 Å². The third-order valence-corrected chi connectivity index (χ3v) is 3.30. The minimum Gasteiger partial charge on any atom is -0.0776 e. The number of fused-ring (bicyclic) bond motifs is 2. The summed E-state index contributed by atoms with van der Waals surface area (Å²) in [6, 6.07) is 0. The number of hydrogen-bond acceptors (Lipinski definition) is 0. The molecule has 68 valence electrons. The molecular formula is C11H24. The monoisotopic (exact) mass is 156 g/mol. The summed E-state index contributed by atoms with van der Waals surface area (Å²) in [4.78, 5) is 0. The molecule has 0 aromatic carbocycles. The molecule has 0 atom stereocenters. The molecule has 11 heavy (non-hydrogen) atoms. The van der Waals surface area contributed by atoms with E-state index in [0.717, 1.165) is 17.8 Å². The van der Waals surface area contributed by atoms with Crippen molar-refractivity contribution < 1.29 is 0 Å². The van der Waals surface area contributed by atoms with E-state index < -0.39 is 0 Å². The van der Waals surface area contributed by atoms with Gasteiger partial charge in [-0.2, -0.15) is 0 Å². The quantitative estimate of drug-likeness (QED) is 0.495. The van der Waals surface area contributed by atoms with E-state index in [-0.39, 0.29) is 7.43 Å². The molecule has 2 rings (SSSR count). The van der Waals surface area contributed by atoms with Crippen molar-refractivity contribution >= 4 is 0 Å². The number of rotatable bonds is 0. The molecule has 0 aliphatic heterocycles. The van der Waals surface area contributed by atoms with E-state index in [2.05, 4.69) is 6.92 Å². The van der Waals surface area contributed by atoms with Crippen molar-refractivity contribution in [1.82, 2.24) is 0 Å². The zero-order valence-corrected chi connectivity index (χ0v) is 7.56. The third kappa shape index (κ3) is 1.98. The molecule has 2 aliphatic carbocycles. The minimum absolute atomic E-state index is 0. The van der Waals surface area contributed by atoms with Gasteiger partial charge in [0.05, 0.1) is 0 Å². The molecule has 0 heterocycles. The van der Waals surface area contributed by atoms with Gasteiger partial charge in [-0.05, 0) is 43.4 Å². The van der Waals surface area contributed by atoms with Crippen LogP contribution in [0.2, 0.25) is 0 Å². The molecule has 0 heteroatoms. The predicted octanol–water partition coefficient (Wildman–Crippen LogP) is 4.10. The Balaban J connectivity index is 0.000000311. The Hall–Kier alpha value is 0. The smallest absolute Gasteiger partial charge is 0.0386 e. The lowest BCUT2D eigenvalue weighted by Crippen LogP contribution is -1.97. The van der Waals surface area contributed by atoms with Gasteiger partial charge in [0, 0.05) is 0 Å². The van der Waals surface area contributed by atoms with E-state index in [1.165, 1.54) is 0 Å². The minimum atomic E-state index is 0. The van der Waals surface area contributed by atoms with Gasteiger partial charge in [0.15, 0.2) is 0 Å². The van der Waals surface area contributed by atoms with Crippen LogP contribution in [0.15, 0.2) is 0 Å². The Morgan fingerprint density at radius 2 is 1.09 bits per heavy atom. The first-order valence-corrected chi connectivity index (χ1v) is 4.88. The van der Waals surface area contributed by atoms with Crippen molar-refractivity contribution in [3.8, 4) is 0 Å². The van der Waals surface area contributed by atoms with Crippen LogP contribution in [-0.2, 0) is 0 Å². The maximum absolute atomic E-state index is 2.44. The van der Waals surface area contributed by atoms with Crippen LogP contribution in [-0.4, -0.2) is 0 Å². The maximum atomic E-state index is 2.44. The molecule has 0 unspecified atom stereocenters. The molecule has 0 N–H and O–H groups in total. The molecule has 0 saturated heterocycles. The largest absolute Gasteiger partial charge is 0.0776 e. The zero-order chi connectivity index (χ0) is 7.56. The molecule has 2 bridgehead atoms. The van der Waals surface area contributed by atoms with Crippen molar-refractivity contribution in [2.24, 2.45) is 17.8 Å². The molecule has 2 fully saturated rings. The van der Waals surface area contributed by atoms with Gasteiger partial charge < -0.3 is 0 Å². The highest BCUT2D eigenvalue weighted by atomic mass is 14.4. The normalized spacial score (nSPS) is 39.0. The standard InChI is InChI=1S/C8H14.C2H6.CH4/c1-6-7-2-3-8(6)5-4-7;1-2;/h6-8H,2-5H2,1H3;1-2H3;1H4. The first kappa shape index (κ1) is 11.0. The molecule has 0 aromatic heterocycles. The second-order valence-electron chi connectivity index (χ2n) is 3.53. The van der Waals surface area contributed by atoms with E-state index in [1.54, 1.807) is 25.7 Å². The van der Waals surface area contributed by atoms with Crippen LogP contribution < -0.4 is 0 Å². The molecule has 2 aliphatic rings. The van der Waals surface area contributed by atoms with Crippen LogP contribution in [0.5, 0.6) is 0 Å². The summed E-state index contributed by atoms with van der Waals surface area (Å²) in [6.07, 6.45) is 6.19. The first-order chi connectivity index (χ1) is 4.88. The molecule has 0 aromatic rings. The fraction of sp³-hybridized carbons (Fsp3) is 1.00. The van der Waals surface area contributed by atoms with Crippen LogP contribution in [0.3, 0.4) is 0 Å². The van der Waals surface area contributed by atoms with Crippen LogP contribution in [0.25, 0.3) is 0 Å². The second kappa shape index (κ2) is 4.79. The van der Waals surface area contributed by atoms with Crippen molar-refractivity contribution in [3.63, 3.8) is 0 Å². The Morgan fingerprint density at radius 3 is 1.18 bits per heavy atom. The molecule has 0 amide bonds. The van der Waals surface area contributed by atoms with Crippen molar-refractivity contribution in [1.29, 1.82) is 0 Å². The lowest BCUT2D eigenvalue weighted by Gasteiger charge is -2.05. The van der Waals surface area contributed by atoms with E-state index in [0.29, 0.717) is 0 Å². The molecule has 2 saturated carbocycles. The highest BCUT2D eigenvalue weighted by Gasteiger charge is 2.37. The molecule has 0 radical (unpaired) electrons. The summed E-state index contributed by atoms with van der Waals surface area (Å²) in [7, 11) is 0. The van der Waals surface area contributed by atoms with Gasteiger partial charge in [-0.1, -0.05) is 28.2 Å². The van der Waals surface area contributed by atoms with Crippen molar-refractivity contribution in [2.75, 3.05) is 0 Å². The van der Waals surface area contributed by atoms with Gasteiger partial charge in [0.2, 0.25) is 0 Å². The average Bonchev–Trinajstić information content (AvgIpc) is 2.53. The third-order valence-electron chi connectivity index (χ3n) is 3.30. The molecular weight excluding hydrogens is 132 g/mol. The van der Waals surface area contributed by atoms with Gasteiger partial charge in [-0.3, -0.25) is 0 Å². The van der Waals surface area contributed by atoms with E-state index in [9.17, 15) is 0 Å². The summed E-state index contributed by atoms with van der Waals surface area (Å²) in [5.74, 6) is 3.37. The lowest BCUT2D eigenvalue weighted by molar-refractivity contribution is 0.447. The Kier molecular flexibility index (Phi) is 4.79. The Labute approximate surface area is 72.4 Å². The average molecular weight is 156 g/mol. The van der Waals surface area contributed by atoms with Gasteiger partial charge in [0.25, 0.3) is 0 Å². The SMILES string of the molecule is C.CC.CC1C2CCC1CC2. The van der Waals surface area contributed by atoms with Gasteiger partial charge in [0.1, 0.15) is 0 Å². The van der Waals surface area contributed by atoms with E-state index in [1.807, 2.05) is 13.8 Å². The summed E-state index contributed by atoms with van der Waals surface area (Å²) >= 11 is 0. The summed E-state index contributed by atoms with van der Waals surface area (Å²) < 4.78 is 0. The number of hydrogen-bond donors (Lipinski definition) is 0. The van der Waals surface area contributed by atoms with E-state index >= 15 is 0 Å². The lowest BCUT2D eigenvalue weighted by atomic mass is 10.0. The molecule has 0 nitrogen and oxygen atoms in total. The Morgan fingerprint density at radius 1 is 0.818 bits per heavy atom. The van der Waals surface area contributed by atoms with Gasteiger partial charge in [-0.15, -0.1) is 0 Å². The zero-order valence-electron chi connectivity index (χ0n) is 7.56. The first-order valence-electron chi connectivity index (χ1n) is 4.88. The maximum Gasteiger partial charge on any atom is -0.0386 e. The van der Waals surface area contributed by atoms with E-state index in [4.69, 9.17) is 0 Å². The molecule has 0 spiro atoms. The summed E-state index contributed by atoms with van der Waals surface area (Å²) in [6.45, 7) is 6.44.